The summed E-state index contributed by atoms with van der Waals surface area (Å²) >= 11 is 0. The maximum absolute atomic E-state index is 13.0. The Kier molecular flexibility index (Phi) is 67.2. The summed E-state index contributed by atoms with van der Waals surface area (Å²) in [5, 5.41) is 0. The van der Waals surface area contributed by atoms with Gasteiger partial charge >= 0.3 is 17.9 Å². The first-order valence-electron chi connectivity index (χ1n) is 35.6. The standard InChI is InChI=1S/C76H134O6/c1-4-7-10-13-16-19-22-25-28-30-32-34-36-38-40-42-44-46-48-51-54-57-60-63-66-69-75(78)81-72-73(71-80-74(77)68-65-62-59-56-53-50-27-24-21-18-15-12-9-6-3)82-76(79)70-67-64-61-58-55-52-49-47-45-43-41-39-37-35-33-31-29-26-23-20-17-14-11-8-5-2/h7,10,15-16,18-19,24-25,27-28,32,34,38,40,73H,4-6,8-9,11-14,17,20-23,26,29-31,33,35-37,39,41-72H2,1-3H3/b10-7-,18-15-,19-16-,27-24-,28-25-,34-32-,40-38-. The molecule has 0 aromatic rings. The highest BCUT2D eigenvalue weighted by molar-refractivity contribution is 5.71. The van der Waals surface area contributed by atoms with Gasteiger partial charge in [-0.1, -0.05) is 337 Å². The predicted octanol–water partition coefficient (Wildman–Crippen LogP) is 24.6. The first-order chi connectivity index (χ1) is 40.5. The number of carbonyl (C=O) groups is 3. The number of ether oxygens (including phenoxy) is 3. The molecule has 0 fully saturated rings. The molecule has 0 bridgehead atoms. The van der Waals surface area contributed by atoms with Crippen molar-refractivity contribution < 1.29 is 28.6 Å². The van der Waals surface area contributed by atoms with E-state index in [2.05, 4.69) is 106 Å². The lowest BCUT2D eigenvalue weighted by atomic mass is 10.0. The van der Waals surface area contributed by atoms with Gasteiger partial charge in [0.1, 0.15) is 13.2 Å². The molecule has 0 aromatic heterocycles. The van der Waals surface area contributed by atoms with Crippen LogP contribution in [0.2, 0.25) is 0 Å². The molecule has 0 saturated heterocycles. The Hall–Kier alpha value is -3.41. The second-order valence-electron chi connectivity index (χ2n) is 23.8. The molecule has 1 atom stereocenters. The van der Waals surface area contributed by atoms with Crippen LogP contribution in [-0.2, 0) is 28.6 Å². The fraction of sp³-hybridized carbons (Fsp3) is 0.776. The fourth-order valence-electron chi connectivity index (χ4n) is 10.3. The van der Waals surface area contributed by atoms with Gasteiger partial charge in [-0.25, -0.2) is 0 Å². The van der Waals surface area contributed by atoms with Crippen molar-refractivity contribution in [1.82, 2.24) is 0 Å². The largest absolute Gasteiger partial charge is 0.462 e. The molecule has 82 heavy (non-hydrogen) atoms. The summed E-state index contributed by atoms with van der Waals surface area (Å²) in [7, 11) is 0. The maximum Gasteiger partial charge on any atom is 0.306 e. The smallest absolute Gasteiger partial charge is 0.306 e. The van der Waals surface area contributed by atoms with Crippen LogP contribution in [0, 0.1) is 0 Å². The summed E-state index contributed by atoms with van der Waals surface area (Å²) in [6.07, 6.45) is 93.3. The highest BCUT2D eigenvalue weighted by Gasteiger charge is 2.19. The van der Waals surface area contributed by atoms with Crippen molar-refractivity contribution in [2.75, 3.05) is 13.2 Å². The average molecular weight is 1140 g/mol. The minimum Gasteiger partial charge on any atom is -0.462 e. The van der Waals surface area contributed by atoms with E-state index in [1.165, 1.54) is 205 Å². The highest BCUT2D eigenvalue weighted by Crippen LogP contribution is 2.18. The molecule has 0 heterocycles. The van der Waals surface area contributed by atoms with E-state index in [9.17, 15) is 14.4 Å². The van der Waals surface area contributed by atoms with Gasteiger partial charge in [-0.3, -0.25) is 14.4 Å². The van der Waals surface area contributed by atoms with Gasteiger partial charge in [0.05, 0.1) is 0 Å². The van der Waals surface area contributed by atoms with Crippen LogP contribution < -0.4 is 0 Å². The van der Waals surface area contributed by atoms with E-state index in [1.807, 2.05) is 0 Å². The molecule has 1 unspecified atom stereocenters. The molecule has 6 heteroatoms. The van der Waals surface area contributed by atoms with Gasteiger partial charge in [-0.2, -0.15) is 0 Å². The van der Waals surface area contributed by atoms with Crippen molar-refractivity contribution in [3.05, 3.63) is 85.1 Å². The molecule has 0 amide bonds. The Bertz CT molecular complexity index is 1550. The Balaban J connectivity index is 4.30. The SMILES string of the molecule is CC/C=C\C/C=C\C/C=C\C/C=C\C/C=C\CCCCCCCCCCCC(=O)OCC(COC(=O)CCCCCCC/C=C\C/C=C\CCCC)OC(=O)CCCCCCCCCCCCCCCCCCCCCCCCCCC. The lowest BCUT2D eigenvalue weighted by Crippen LogP contribution is -2.30. The lowest BCUT2D eigenvalue weighted by Gasteiger charge is -2.18. The Morgan fingerprint density at radius 3 is 0.780 bits per heavy atom. The molecule has 0 aliphatic rings. The molecule has 0 spiro atoms. The third kappa shape index (κ3) is 67.4. The number of hydrogen-bond acceptors (Lipinski definition) is 6. The molecule has 6 nitrogen and oxygen atoms in total. The van der Waals surface area contributed by atoms with E-state index in [1.54, 1.807) is 0 Å². The molecule has 0 N–H and O–H groups in total. The van der Waals surface area contributed by atoms with Crippen LogP contribution in [-0.4, -0.2) is 37.2 Å². The molecule has 0 aliphatic carbocycles. The number of allylic oxidation sites excluding steroid dienone is 14. The summed E-state index contributed by atoms with van der Waals surface area (Å²) in [5.41, 5.74) is 0. The molecule has 0 aliphatic heterocycles. The molecule has 474 valence electrons. The van der Waals surface area contributed by atoms with Gasteiger partial charge in [-0.15, -0.1) is 0 Å². The molecule has 0 saturated carbocycles. The second-order valence-corrected chi connectivity index (χ2v) is 23.8. The first kappa shape index (κ1) is 78.6. The highest BCUT2D eigenvalue weighted by atomic mass is 16.6. The van der Waals surface area contributed by atoms with Gasteiger partial charge in [0, 0.05) is 19.3 Å². The zero-order valence-electron chi connectivity index (χ0n) is 54.5. The van der Waals surface area contributed by atoms with Crippen LogP contribution in [0.1, 0.15) is 361 Å². The number of rotatable bonds is 65. The molecule has 0 radical (unpaired) electrons. The normalized spacial score (nSPS) is 12.6. The summed E-state index contributed by atoms with van der Waals surface area (Å²) < 4.78 is 17.0. The number of carbonyl (C=O) groups excluding carboxylic acids is 3. The minimum atomic E-state index is -0.786. The van der Waals surface area contributed by atoms with Crippen LogP contribution in [0.4, 0.5) is 0 Å². The molecular formula is C76H134O6. The fourth-order valence-corrected chi connectivity index (χ4v) is 10.3. The van der Waals surface area contributed by atoms with E-state index >= 15 is 0 Å². The Morgan fingerprint density at radius 1 is 0.256 bits per heavy atom. The Labute approximate surface area is 509 Å². The van der Waals surface area contributed by atoms with Crippen molar-refractivity contribution in [3.63, 3.8) is 0 Å². The third-order valence-corrected chi connectivity index (χ3v) is 15.6. The summed E-state index contributed by atoms with van der Waals surface area (Å²) in [6, 6.07) is 0. The average Bonchev–Trinajstić information content (AvgIpc) is 3.47. The van der Waals surface area contributed by atoms with E-state index in [0.29, 0.717) is 19.3 Å². The molecule has 0 aromatic carbocycles. The van der Waals surface area contributed by atoms with Crippen molar-refractivity contribution in [3.8, 4) is 0 Å². The lowest BCUT2D eigenvalue weighted by molar-refractivity contribution is -0.167. The van der Waals surface area contributed by atoms with E-state index in [0.717, 1.165) is 116 Å². The number of esters is 3. The summed E-state index contributed by atoms with van der Waals surface area (Å²) in [6.45, 7) is 6.52. The van der Waals surface area contributed by atoms with Crippen LogP contribution in [0.5, 0.6) is 0 Å². The van der Waals surface area contributed by atoms with E-state index in [4.69, 9.17) is 14.2 Å². The predicted molar refractivity (Wildman–Crippen MR) is 358 cm³/mol. The van der Waals surface area contributed by atoms with Crippen molar-refractivity contribution in [1.29, 1.82) is 0 Å². The summed E-state index contributed by atoms with van der Waals surface area (Å²) in [5.74, 6) is -0.881. The van der Waals surface area contributed by atoms with Gasteiger partial charge in [0.15, 0.2) is 6.10 Å². The van der Waals surface area contributed by atoms with Gasteiger partial charge < -0.3 is 14.2 Å². The topological polar surface area (TPSA) is 78.9 Å². The number of unbranched alkanes of at least 4 members (excludes halogenated alkanes) is 40. The Morgan fingerprint density at radius 2 is 0.488 bits per heavy atom. The molecular weight excluding hydrogens is 1010 g/mol. The zero-order chi connectivity index (χ0) is 59.2. The van der Waals surface area contributed by atoms with Crippen LogP contribution in [0.25, 0.3) is 0 Å². The second kappa shape index (κ2) is 70.1. The van der Waals surface area contributed by atoms with Gasteiger partial charge in [-0.05, 0) is 89.9 Å². The molecule has 0 rings (SSSR count). The number of hydrogen-bond donors (Lipinski definition) is 0. The van der Waals surface area contributed by atoms with Crippen molar-refractivity contribution in [2.24, 2.45) is 0 Å². The van der Waals surface area contributed by atoms with Crippen molar-refractivity contribution >= 4 is 17.9 Å². The zero-order valence-corrected chi connectivity index (χ0v) is 54.5. The third-order valence-electron chi connectivity index (χ3n) is 15.6. The first-order valence-corrected chi connectivity index (χ1v) is 35.6. The monoisotopic (exact) mass is 1140 g/mol. The van der Waals surface area contributed by atoms with Gasteiger partial charge in [0.2, 0.25) is 0 Å². The van der Waals surface area contributed by atoms with Crippen LogP contribution in [0.15, 0.2) is 85.1 Å². The summed E-state index contributed by atoms with van der Waals surface area (Å²) in [4.78, 5) is 38.5. The van der Waals surface area contributed by atoms with E-state index in [-0.39, 0.29) is 31.1 Å². The maximum atomic E-state index is 13.0. The van der Waals surface area contributed by atoms with E-state index < -0.39 is 6.10 Å². The van der Waals surface area contributed by atoms with Crippen LogP contribution >= 0.6 is 0 Å². The van der Waals surface area contributed by atoms with Crippen molar-refractivity contribution in [2.45, 2.75) is 367 Å². The quantitative estimate of drug-likeness (QED) is 0.0261. The van der Waals surface area contributed by atoms with Gasteiger partial charge in [0.25, 0.3) is 0 Å². The van der Waals surface area contributed by atoms with Crippen LogP contribution in [0.3, 0.4) is 0 Å². The minimum absolute atomic E-state index is 0.0813.